The number of benzene rings is 1. The van der Waals surface area contributed by atoms with Crippen LogP contribution in [0.2, 0.25) is 5.02 Å². The van der Waals surface area contributed by atoms with Gasteiger partial charge in [-0.25, -0.2) is 4.39 Å². The van der Waals surface area contributed by atoms with Crippen molar-refractivity contribution in [3.8, 4) is 11.9 Å². The highest BCUT2D eigenvalue weighted by molar-refractivity contribution is 14.1. The Labute approximate surface area is 102 Å². The summed E-state index contributed by atoms with van der Waals surface area (Å²) in [6.45, 7) is 0. The minimum absolute atomic E-state index is 0.0655. The van der Waals surface area contributed by atoms with Crippen LogP contribution in [0.4, 0.5) is 4.39 Å². The van der Waals surface area contributed by atoms with Crippen molar-refractivity contribution in [2.75, 3.05) is 0 Å². The smallest absolute Gasteiger partial charge is 0.317 e. The normalized spacial score (nSPS) is 10.9. The number of hydrogen-bond acceptors (Lipinski definition) is 4. The molecule has 1 aromatic carbocycles. The predicted molar refractivity (Wildman–Crippen MR) is 60.6 cm³/mol. The summed E-state index contributed by atoms with van der Waals surface area (Å²) in [6, 6.07) is 0.660. The summed E-state index contributed by atoms with van der Waals surface area (Å²) in [4.78, 5) is 6.77. The molecule has 1 aromatic heterocycles. The predicted octanol–water partition coefficient (Wildman–Crippen LogP) is 2.44. The fourth-order valence-corrected chi connectivity index (χ4v) is 1.75. The largest absolute Gasteiger partial charge is 0.493 e. The van der Waals surface area contributed by atoms with E-state index in [-0.39, 0.29) is 19.5 Å². The summed E-state index contributed by atoms with van der Waals surface area (Å²) in [6.07, 6.45) is 0. The highest BCUT2D eigenvalue weighted by Crippen LogP contribution is 2.32. The lowest BCUT2D eigenvalue weighted by Gasteiger charge is -2.04. The van der Waals surface area contributed by atoms with Gasteiger partial charge in [-0.15, -0.1) is 0 Å². The number of aromatic nitrogens is 2. The standard InChI is InChI=1S/C8H3ClFIN2O2/c9-3-1-2-6(4(10)5(3)11)12-8(15)13-7(2)14/h1H,(H2,12,13,14,15). The molecule has 7 heteroatoms. The van der Waals surface area contributed by atoms with E-state index < -0.39 is 17.7 Å². The number of hydrogen-bond donors (Lipinski definition) is 2. The van der Waals surface area contributed by atoms with Gasteiger partial charge >= 0.3 is 6.01 Å². The van der Waals surface area contributed by atoms with Crippen LogP contribution in [0.1, 0.15) is 0 Å². The maximum Gasteiger partial charge on any atom is 0.317 e. The SMILES string of the molecule is Oc1nc(O)c2cc(Cl)c(I)c(F)c2n1. The van der Waals surface area contributed by atoms with Gasteiger partial charge in [0.1, 0.15) is 5.52 Å². The van der Waals surface area contributed by atoms with Gasteiger partial charge in [-0.1, -0.05) is 11.6 Å². The van der Waals surface area contributed by atoms with Crippen molar-refractivity contribution in [3.05, 3.63) is 20.5 Å². The second-order valence-electron chi connectivity index (χ2n) is 2.73. The third-order valence-corrected chi connectivity index (χ3v) is 3.47. The van der Waals surface area contributed by atoms with E-state index >= 15 is 0 Å². The lowest BCUT2D eigenvalue weighted by atomic mass is 10.2. The van der Waals surface area contributed by atoms with Crippen LogP contribution in [0, 0.1) is 9.39 Å². The van der Waals surface area contributed by atoms with E-state index in [1.54, 1.807) is 22.6 Å². The number of rotatable bonds is 0. The zero-order chi connectivity index (χ0) is 11.2. The van der Waals surface area contributed by atoms with Crippen molar-refractivity contribution in [2.24, 2.45) is 0 Å². The third-order valence-electron chi connectivity index (χ3n) is 1.80. The van der Waals surface area contributed by atoms with Crippen LogP contribution in [0.5, 0.6) is 11.9 Å². The fraction of sp³-hybridized carbons (Fsp3) is 0. The van der Waals surface area contributed by atoms with Crippen molar-refractivity contribution in [1.82, 2.24) is 9.97 Å². The number of aromatic hydroxyl groups is 2. The van der Waals surface area contributed by atoms with Crippen molar-refractivity contribution < 1.29 is 14.6 Å². The van der Waals surface area contributed by atoms with Crippen LogP contribution < -0.4 is 0 Å². The van der Waals surface area contributed by atoms with Gasteiger partial charge in [0.25, 0.3) is 0 Å². The Morgan fingerprint density at radius 1 is 1.33 bits per heavy atom. The Bertz CT molecular complexity index is 564. The molecule has 2 N–H and O–H groups in total. The summed E-state index contributed by atoms with van der Waals surface area (Å²) >= 11 is 7.44. The van der Waals surface area contributed by atoms with Crippen molar-refractivity contribution in [3.63, 3.8) is 0 Å². The van der Waals surface area contributed by atoms with Gasteiger partial charge in [-0.3, -0.25) is 0 Å². The molecular weight excluding hydrogens is 337 g/mol. The first kappa shape index (κ1) is 10.6. The van der Waals surface area contributed by atoms with E-state index in [1.165, 1.54) is 6.07 Å². The molecule has 4 nitrogen and oxygen atoms in total. The molecule has 0 spiro atoms. The van der Waals surface area contributed by atoms with Gasteiger partial charge in [0, 0.05) is 0 Å². The monoisotopic (exact) mass is 340 g/mol. The van der Waals surface area contributed by atoms with E-state index in [1.807, 2.05) is 0 Å². The number of fused-ring (bicyclic) bond motifs is 1. The minimum Gasteiger partial charge on any atom is -0.493 e. The van der Waals surface area contributed by atoms with Crippen LogP contribution in [0.25, 0.3) is 10.9 Å². The summed E-state index contributed by atoms with van der Waals surface area (Å²) in [5.74, 6) is -1.19. The van der Waals surface area contributed by atoms with E-state index in [9.17, 15) is 9.50 Å². The Hall–Kier alpha value is -0.890. The summed E-state index contributed by atoms with van der Waals surface area (Å²) in [5, 5.41) is 18.6. The third kappa shape index (κ3) is 1.67. The molecule has 0 atom stereocenters. The van der Waals surface area contributed by atoms with Gasteiger partial charge < -0.3 is 10.2 Å². The van der Waals surface area contributed by atoms with Gasteiger partial charge in [-0.05, 0) is 28.7 Å². The Balaban J connectivity index is 2.98. The number of nitrogens with zero attached hydrogens (tertiary/aromatic N) is 2. The van der Waals surface area contributed by atoms with Gasteiger partial charge in [-0.2, -0.15) is 9.97 Å². The molecule has 2 aromatic rings. The molecule has 0 radical (unpaired) electrons. The molecule has 0 fully saturated rings. The van der Waals surface area contributed by atoms with Gasteiger partial charge in [0.15, 0.2) is 5.82 Å². The van der Waals surface area contributed by atoms with E-state index in [0.717, 1.165) is 0 Å². The van der Waals surface area contributed by atoms with Crippen molar-refractivity contribution in [2.45, 2.75) is 0 Å². The quantitative estimate of drug-likeness (QED) is 0.571. The van der Waals surface area contributed by atoms with E-state index in [2.05, 4.69) is 9.97 Å². The second kappa shape index (κ2) is 3.60. The molecule has 15 heavy (non-hydrogen) atoms. The average molecular weight is 340 g/mol. The highest BCUT2D eigenvalue weighted by atomic mass is 127. The summed E-state index contributed by atoms with van der Waals surface area (Å²) in [5.41, 5.74) is -0.159. The van der Waals surface area contributed by atoms with Crippen LogP contribution in [-0.2, 0) is 0 Å². The molecule has 0 aliphatic carbocycles. The van der Waals surface area contributed by atoms with Crippen LogP contribution in [0.3, 0.4) is 0 Å². The minimum atomic E-state index is -0.689. The number of halogens is 3. The lowest BCUT2D eigenvalue weighted by Crippen LogP contribution is -1.92. The molecule has 0 saturated heterocycles. The molecular formula is C8H3ClFIN2O2. The Morgan fingerprint density at radius 3 is 2.67 bits per heavy atom. The summed E-state index contributed by atoms with van der Waals surface area (Å²) < 4.78 is 13.8. The van der Waals surface area contributed by atoms with E-state index in [0.29, 0.717) is 0 Å². The molecule has 0 aliphatic heterocycles. The first-order valence-corrected chi connectivity index (χ1v) is 5.19. The second-order valence-corrected chi connectivity index (χ2v) is 4.22. The van der Waals surface area contributed by atoms with Crippen LogP contribution >= 0.6 is 34.2 Å². The Morgan fingerprint density at radius 2 is 2.00 bits per heavy atom. The van der Waals surface area contributed by atoms with Gasteiger partial charge in [0.2, 0.25) is 5.88 Å². The Kier molecular flexibility index (Phi) is 2.55. The molecule has 0 aliphatic rings. The lowest BCUT2D eigenvalue weighted by molar-refractivity contribution is 0.402. The average Bonchev–Trinajstić information content (AvgIpc) is 2.17. The van der Waals surface area contributed by atoms with Crippen LogP contribution in [-0.4, -0.2) is 20.2 Å². The fourth-order valence-electron chi connectivity index (χ4n) is 1.15. The van der Waals surface area contributed by atoms with Crippen molar-refractivity contribution >= 4 is 45.1 Å². The zero-order valence-corrected chi connectivity index (χ0v) is 9.91. The molecule has 0 amide bonds. The first-order valence-electron chi connectivity index (χ1n) is 3.74. The summed E-state index contributed by atoms with van der Waals surface area (Å²) in [7, 11) is 0. The molecule has 0 saturated carbocycles. The highest BCUT2D eigenvalue weighted by Gasteiger charge is 2.15. The molecule has 1 heterocycles. The first-order chi connectivity index (χ1) is 7.00. The van der Waals surface area contributed by atoms with Crippen molar-refractivity contribution in [1.29, 1.82) is 0 Å². The van der Waals surface area contributed by atoms with Crippen LogP contribution in [0.15, 0.2) is 6.07 Å². The maximum atomic E-state index is 13.6. The molecule has 2 rings (SSSR count). The topological polar surface area (TPSA) is 66.2 Å². The molecule has 0 bridgehead atoms. The molecule has 0 unspecified atom stereocenters. The molecule has 78 valence electrons. The maximum absolute atomic E-state index is 13.6. The van der Waals surface area contributed by atoms with E-state index in [4.69, 9.17) is 16.7 Å². The zero-order valence-electron chi connectivity index (χ0n) is 7.00. The van der Waals surface area contributed by atoms with Gasteiger partial charge in [0.05, 0.1) is 14.0 Å².